The number of likely N-dealkylation sites (N-methyl/N-ethyl adjacent to an activating group) is 2. The van der Waals surface area contributed by atoms with Crippen molar-refractivity contribution in [1.29, 1.82) is 0 Å². The van der Waals surface area contributed by atoms with Gasteiger partial charge in [0.25, 0.3) is 0 Å². The summed E-state index contributed by atoms with van der Waals surface area (Å²) in [6, 6.07) is 24.6. The van der Waals surface area contributed by atoms with E-state index in [0.717, 1.165) is 5.01 Å². The van der Waals surface area contributed by atoms with Crippen LogP contribution >= 0.6 is 0 Å². The van der Waals surface area contributed by atoms with E-state index in [1.165, 1.54) is 14.2 Å². The second kappa shape index (κ2) is 45.2. The van der Waals surface area contributed by atoms with Gasteiger partial charge >= 0.3 is 35.9 Å². The Labute approximate surface area is 780 Å². The number of nitrogens with two attached hydrogens (primary N) is 1. The van der Waals surface area contributed by atoms with E-state index in [0.29, 0.717) is 36.0 Å². The fraction of sp³-hybridized carbons (Fsp3) is 0.747. The predicted molar refractivity (Wildman–Crippen MR) is 483 cm³/mol. The molecular weight excluding hydrogens is 1710 g/mol. The van der Waals surface area contributed by atoms with Crippen molar-refractivity contribution >= 4 is 41.7 Å². The molecule has 0 saturated carbocycles. The van der Waals surface area contributed by atoms with E-state index in [9.17, 15) is 43.8 Å². The van der Waals surface area contributed by atoms with Crippen molar-refractivity contribution in [3.8, 4) is 0 Å². The van der Waals surface area contributed by atoms with Gasteiger partial charge in [-0.1, -0.05) is 110 Å². The van der Waals surface area contributed by atoms with E-state index in [1.54, 1.807) is 142 Å². The Hall–Kier alpha value is -6.81. The monoisotopic (exact) mass is 1860 g/mol. The van der Waals surface area contributed by atoms with Gasteiger partial charge in [0.05, 0.1) is 107 Å². The van der Waals surface area contributed by atoms with Gasteiger partial charge < -0.3 is 115 Å². The Bertz CT molecular complexity index is 4260. The molecule has 742 valence electrons. The Balaban J connectivity index is 0.000000276. The van der Waals surface area contributed by atoms with Crippen molar-refractivity contribution in [3.05, 3.63) is 108 Å². The maximum atomic E-state index is 14.8. The van der Waals surface area contributed by atoms with Crippen molar-refractivity contribution in [2.45, 2.75) is 371 Å². The van der Waals surface area contributed by atoms with E-state index >= 15 is 0 Å². The van der Waals surface area contributed by atoms with Crippen molar-refractivity contribution < 1.29 is 139 Å². The maximum absolute atomic E-state index is 14.8. The molecule has 3 aromatic rings. The zero-order chi connectivity index (χ0) is 97.5. The number of aliphatic hydroxyl groups is 2. The van der Waals surface area contributed by atoms with E-state index < -0.39 is 234 Å². The predicted octanol–water partition coefficient (Wildman–Crippen LogP) is 11.6. The number of cyclic esters (lactones) is 2. The molecule has 8 heterocycles. The number of ketones is 1. The van der Waals surface area contributed by atoms with Crippen LogP contribution in [0.15, 0.2) is 91.0 Å². The highest BCUT2D eigenvalue weighted by molar-refractivity contribution is 5.91. The molecule has 0 aromatic heterocycles. The Morgan fingerprint density at radius 1 is 0.455 bits per heavy atom. The van der Waals surface area contributed by atoms with Crippen molar-refractivity contribution in [1.82, 2.24) is 14.8 Å². The summed E-state index contributed by atoms with van der Waals surface area (Å²) in [6.45, 7) is 36.8. The summed E-state index contributed by atoms with van der Waals surface area (Å²) in [4.78, 5) is 102. The highest BCUT2D eigenvalue weighted by Crippen LogP contribution is 2.48. The van der Waals surface area contributed by atoms with Crippen LogP contribution in [0.4, 0.5) is 4.79 Å². The number of hydrogen-bond acceptors (Lipinski definition) is 32. The van der Waals surface area contributed by atoms with Crippen molar-refractivity contribution in [3.63, 3.8) is 0 Å². The van der Waals surface area contributed by atoms with Crippen LogP contribution in [0.25, 0.3) is 0 Å². The lowest BCUT2D eigenvalue weighted by Crippen LogP contribution is -2.62. The number of ether oxygens (including phenoxy) is 20. The van der Waals surface area contributed by atoms with Gasteiger partial charge in [-0.3, -0.25) is 14.4 Å². The molecule has 33 heteroatoms. The van der Waals surface area contributed by atoms with E-state index in [-0.39, 0.29) is 68.1 Å². The van der Waals surface area contributed by atoms with Crippen LogP contribution in [0.1, 0.15) is 221 Å². The summed E-state index contributed by atoms with van der Waals surface area (Å²) in [5.41, 5.74) is -3.50. The third-order valence-electron chi connectivity index (χ3n) is 29.0. The quantitative estimate of drug-likeness (QED) is 0.0364. The second-order valence-electron chi connectivity index (χ2n) is 39.9. The topological polar surface area (TPSA) is 380 Å². The Morgan fingerprint density at radius 3 is 1.30 bits per heavy atom. The molecule has 8 aliphatic rings. The number of carbonyl (C=O) groups is 7. The first-order chi connectivity index (χ1) is 62.1. The summed E-state index contributed by atoms with van der Waals surface area (Å²) >= 11 is 0. The van der Waals surface area contributed by atoms with Crippen LogP contribution in [-0.4, -0.2) is 305 Å². The van der Waals surface area contributed by atoms with Crippen LogP contribution in [0.3, 0.4) is 0 Å². The molecule has 37 atom stereocenters. The summed E-state index contributed by atoms with van der Waals surface area (Å²) in [5, 5.41) is 24.7. The third kappa shape index (κ3) is 24.3. The minimum absolute atomic E-state index is 0.0860. The molecule has 8 fully saturated rings. The zero-order valence-corrected chi connectivity index (χ0v) is 82.7. The minimum atomic E-state index is -1.22. The van der Waals surface area contributed by atoms with Gasteiger partial charge in [0.2, 0.25) is 5.78 Å². The molecule has 3 aromatic carbocycles. The molecule has 0 radical (unpaired) electrons. The maximum Gasteiger partial charge on any atom is 0.424 e. The van der Waals surface area contributed by atoms with Gasteiger partial charge in [-0.25, -0.2) is 30.0 Å². The van der Waals surface area contributed by atoms with E-state index in [1.807, 2.05) is 132 Å². The van der Waals surface area contributed by atoms with Crippen LogP contribution in [0.2, 0.25) is 0 Å². The van der Waals surface area contributed by atoms with Crippen LogP contribution in [-0.2, 0) is 109 Å². The Kier molecular flexibility index (Phi) is 36.7. The van der Waals surface area contributed by atoms with Gasteiger partial charge in [-0.15, -0.1) is 0 Å². The van der Waals surface area contributed by atoms with Crippen molar-refractivity contribution in [2.24, 2.45) is 53.2 Å². The number of hydrogen-bond donors (Lipinski definition) is 3. The molecule has 5 unspecified atom stereocenters. The zero-order valence-electron chi connectivity index (χ0n) is 82.7. The number of rotatable bonds is 22. The molecule has 33 nitrogen and oxygen atoms in total. The summed E-state index contributed by atoms with van der Waals surface area (Å²) in [5.74, 6) is -3.51. The lowest BCUT2D eigenvalue weighted by molar-refractivity contribution is -0.329. The first kappa shape index (κ1) is 107. The first-order valence-corrected chi connectivity index (χ1v) is 47.0. The summed E-state index contributed by atoms with van der Waals surface area (Å²) in [7, 11) is 13.9. The number of hydrazine groups is 1. The van der Waals surface area contributed by atoms with E-state index in [2.05, 4.69) is 6.92 Å². The van der Waals surface area contributed by atoms with Gasteiger partial charge in [-0.2, -0.15) is 0 Å². The van der Waals surface area contributed by atoms with Crippen LogP contribution < -0.4 is 5.84 Å². The number of Topliss-reactive ketones (excluding diaryl/α,β-unsaturated/α-hetero) is 1. The molecule has 8 aliphatic heterocycles. The van der Waals surface area contributed by atoms with E-state index in [4.69, 9.17) is 101 Å². The highest BCUT2D eigenvalue weighted by Gasteiger charge is 2.60. The minimum Gasteiger partial charge on any atom is -0.460 e. The van der Waals surface area contributed by atoms with Crippen LogP contribution in [0.5, 0.6) is 0 Å². The standard InChI is InChI=1S/C54H79NO15.C45H73N3O14/c1-16-39-41(56)44-32(4)42(69-52(8,9)70-44)30(2)28-53(10,60-14)46(68-51-45(38(55(12)13)27-31(3)62-51)66-49(58)36-23-19-17-20-24-36)33(5)43(34(6)48(57)64-39)65-40-29-54(11,61-15)47(35(7)63-40)67-50(59)37-25-21-18-22-26-37;1-14-31-33-37(60-43(53)48(33)46)25(4)34(49)23(2)21-44(8,54-12)38(62-42-35(50)30(47(10)11)20-24(3)56-42)26(5)36(27(6)40(51)58-31)59-32-22-45(9,55-13)39(28(7)57-32)61-41(52)29-18-16-15-17-19-29/h17-26,30-35,38-40,42-47,51H,16,27-29H2,1-15H3;15-19,23-28,30-39,42,49-50H,14,20-22,46H2,1-13H3/t30-,31-,32+,33+,34-,35+,38+,39-,40?,42+,43+,44-,45-,46-,47+,51?,53+,54-;23-,24-,25-,26+,27-,28+,30+,31-,32?,33?,34+,35-,36+,37-,38-,39+,42?,44+,45-/m11/s1. The molecule has 1 amide bonds. The molecule has 2 bridgehead atoms. The van der Waals surface area contributed by atoms with Gasteiger partial charge in [0.1, 0.15) is 41.7 Å². The Morgan fingerprint density at radius 2 is 0.864 bits per heavy atom. The van der Waals surface area contributed by atoms with Crippen LogP contribution in [0, 0.1) is 47.3 Å². The third-order valence-corrected chi connectivity index (χ3v) is 29.0. The molecule has 132 heavy (non-hydrogen) atoms. The molecule has 0 spiro atoms. The SMILES string of the molecule is CC[C@H]1OC(=O)[C@H](C)[C@@H](OC2C[C@@](C)(OC)[C@@H](OC(=O)c3ccccc3)[C@H](C)O2)[C@H](C)[C@@H](OC2O[C@H](C)C[C@H](N(C)C)[C@H]2O)[C@@](C)(OC)C[C@@H](C)[C@H](O)[C@@H](C)[C@H]2OC(=O)N(N)C12.CC[C@H]1OC(=O)[C@H](C)[C@@H](OC2C[C@@](C)(OC)[C@@H](OC(=O)c3ccccc3)[C@H](C)O2)[C@H](C)[C@@H](OC2O[C@H](C)C[C@H](N(C)C)[C@H]2OC(=O)c2ccccc2)[C@@](C)(OC)C[C@@H](C)[C@@H]2OC(C)(C)O[C@@H](C1=O)[C@H]2C. The first-order valence-electron chi connectivity index (χ1n) is 47.0. The average Bonchev–Trinajstić information content (AvgIpc) is 1.14. The van der Waals surface area contributed by atoms with Gasteiger partial charge in [-0.05, 0) is 198 Å². The summed E-state index contributed by atoms with van der Waals surface area (Å²) in [6.07, 6.45) is -18.0. The number of nitrogens with zero attached hydrogens (tertiary/aromatic N) is 3. The molecular formula is C99H152N4O29. The smallest absolute Gasteiger partial charge is 0.424 e. The highest BCUT2D eigenvalue weighted by atomic mass is 16.8. The number of aliphatic hydroxyl groups excluding tert-OH is 2. The second-order valence-corrected chi connectivity index (χ2v) is 39.9. The number of methoxy groups -OCH3 is 4. The average molecular weight is 1860 g/mol. The number of benzene rings is 3. The van der Waals surface area contributed by atoms with Gasteiger partial charge in [0, 0.05) is 71.0 Å². The molecule has 4 N–H and O–H groups in total. The number of esters is 5. The fourth-order valence-electron chi connectivity index (χ4n) is 21.2. The lowest BCUT2D eigenvalue weighted by Gasteiger charge is -2.51. The fourth-order valence-corrected chi connectivity index (χ4v) is 21.2. The van der Waals surface area contributed by atoms with Gasteiger partial charge in [0.15, 0.2) is 55.4 Å². The number of fused-ring (bicyclic) bond motifs is 3. The molecule has 0 aliphatic carbocycles. The van der Waals surface area contributed by atoms with Crippen molar-refractivity contribution in [2.75, 3.05) is 56.6 Å². The molecule has 11 rings (SSSR count). The number of amides is 1. The largest absolute Gasteiger partial charge is 0.460 e. The normalized spacial score (nSPS) is 41.5. The molecule has 8 saturated heterocycles. The summed E-state index contributed by atoms with van der Waals surface area (Å²) < 4.78 is 129. The lowest BCUT2D eigenvalue weighted by atomic mass is 9.74. The number of carbonyl (C=O) groups excluding carboxylic acids is 7.